The van der Waals surface area contributed by atoms with Crippen molar-refractivity contribution in [2.75, 3.05) is 11.4 Å². The van der Waals surface area contributed by atoms with Crippen LogP contribution in [0, 0.1) is 12.8 Å². The lowest BCUT2D eigenvalue weighted by molar-refractivity contribution is 0.0931. The summed E-state index contributed by atoms with van der Waals surface area (Å²) < 4.78 is 27.0. The van der Waals surface area contributed by atoms with Crippen LogP contribution in [-0.2, 0) is 10.0 Å². The highest BCUT2D eigenvalue weighted by Crippen LogP contribution is 2.26. The lowest BCUT2D eigenvalue weighted by Gasteiger charge is -2.23. The second-order valence-electron chi connectivity index (χ2n) is 6.81. The largest absolute Gasteiger partial charge is 0.349 e. The quantitative estimate of drug-likeness (QED) is 0.840. The molecule has 0 aliphatic carbocycles. The molecule has 6 heteroatoms. The Hall–Kier alpha value is -2.34. The van der Waals surface area contributed by atoms with Gasteiger partial charge in [0.1, 0.15) is 0 Å². The van der Waals surface area contributed by atoms with Crippen LogP contribution in [0.15, 0.2) is 53.4 Å². The number of aryl methyl sites for hydroxylation is 1. The van der Waals surface area contributed by atoms with E-state index in [2.05, 4.69) is 5.32 Å². The fourth-order valence-electron chi connectivity index (χ4n) is 2.39. The zero-order chi connectivity index (χ0) is 19.5. The van der Waals surface area contributed by atoms with Crippen LogP contribution in [0.1, 0.15) is 36.7 Å². The first-order valence-corrected chi connectivity index (χ1v) is 10.0. The maximum Gasteiger partial charge on any atom is 0.264 e. The molecule has 0 aliphatic heterocycles. The van der Waals surface area contributed by atoms with Crippen LogP contribution in [0.2, 0.25) is 0 Å². The number of nitrogens with zero attached hydrogens (tertiary/aromatic N) is 1. The minimum atomic E-state index is -3.76. The molecule has 5 nitrogen and oxygen atoms in total. The third-order valence-corrected chi connectivity index (χ3v) is 6.31. The first-order chi connectivity index (χ1) is 12.1. The maximum atomic E-state index is 12.9. The van der Waals surface area contributed by atoms with Crippen LogP contribution in [0.25, 0.3) is 0 Å². The number of amides is 1. The van der Waals surface area contributed by atoms with Gasteiger partial charge in [-0.1, -0.05) is 43.7 Å². The first kappa shape index (κ1) is 20.0. The van der Waals surface area contributed by atoms with Crippen LogP contribution in [0.5, 0.6) is 0 Å². The fourth-order valence-corrected chi connectivity index (χ4v) is 3.60. The molecule has 0 saturated heterocycles. The summed E-state index contributed by atoms with van der Waals surface area (Å²) in [7, 11) is -2.29. The summed E-state index contributed by atoms with van der Waals surface area (Å²) in [5.41, 5.74) is 1.66. The van der Waals surface area contributed by atoms with Crippen molar-refractivity contribution in [3.8, 4) is 0 Å². The molecule has 2 aromatic rings. The maximum absolute atomic E-state index is 12.9. The van der Waals surface area contributed by atoms with Crippen molar-refractivity contribution in [2.24, 2.45) is 5.92 Å². The van der Waals surface area contributed by atoms with E-state index in [0.29, 0.717) is 11.3 Å². The summed E-state index contributed by atoms with van der Waals surface area (Å²) in [6.45, 7) is 7.86. The molecule has 2 aromatic carbocycles. The zero-order valence-electron chi connectivity index (χ0n) is 15.9. The summed E-state index contributed by atoms with van der Waals surface area (Å²) in [6.07, 6.45) is 0. The molecular weight excluding hydrogens is 348 g/mol. The predicted octanol–water partition coefficient (Wildman–Crippen LogP) is 3.59. The third-order valence-electron chi connectivity index (χ3n) is 4.53. The van der Waals surface area contributed by atoms with E-state index in [0.717, 1.165) is 9.87 Å². The van der Waals surface area contributed by atoms with Crippen molar-refractivity contribution in [1.82, 2.24) is 5.32 Å². The number of sulfonamides is 1. The van der Waals surface area contributed by atoms with Crippen molar-refractivity contribution in [1.29, 1.82) is 0 Å². The van der Waals surface area contributed by atoms with E-state index >= 15 is 0 Å². The van der Waals surface area contributed by atoms with Crippen LogP contribution in [0.3, 0.4) is 0 Å². The molecule has 0 saturated carbocycles. The normalized spacial score (nSPS) is 12.7. The smallest absolute Gasteiger partial charge is 0.264 e. The zero-order valence-corrected chi connectivity index (χ0v) is 16.7. The average molecular weight is 375 g/mol. The predicted molar refractivity (Wildman–Crippen MR) is 105 cm³/mol. The van der Waals surface area contributed by atoms with E-state index in [-0.39, 0.29) is 22.8 Å². The highest BCUT2D eigenvalue weighted by Gasteiger charge is 2.25. The number of nitrogens with one attached hydrogen (secondary N) is 1. The van der Waals surface area contributed by atoms with Crippen molar-refractivity contribution < 1.29 is 13.2 Å². The van der Waals surface area contributed by atoms with Crippen LogP contribution >= 0.6 is 0 Å². The Bertz CT molecular complexity index is 874. The van der Waals surface area contributed by atoms with Crippen LogP contribution in [0.4, 0.5) is 5.69 Å². The molecule has 2 rings (SSSR count). The topological polar surface area (TPSA) is 66.5 Å². The highest BCUT2D eigenvalue weighted by atomic mass is 32.2. The van der Waals surface area contributed by atoms with Gasteiger partial charge in [-0.3, -0.25) is 9.10 Å². The number of hydrogen-bond donors (Lipinski definition) is 1. The second kappa shape index (κ2) is 7.91. The molecule has 0 unspecified atom stereocenters. The Kier molecular flexibility index (Phi) is 6.08. The van der Waals surface area contributed by atoms with Gasteiger partial charge in [0.15, 0.2) is 0 Å². The Labute approximate surface area is 156 Å². The number of para-hydroxylation sites is 1. The van der Waals surface area contributed by atoms with Gasteiger partial charge in [-0.05, 0) is 44.0 Å². The summed E-state index contributed by atoms with van der Waals surface area (Å²) in [4.78, 5) is 12.9. The molecule has 0 aliphatic rings. The Morgan fingerprint density at radius 3 is 2.15 bits per heavy atom. The molecule has 0 bridgehead atoms. The van der Waals surface area contributed by atoms with E-state index in [9.17, 15) is 13.2 Å². The highest BCUT2D eigenvalue weighted by molar-refractivity contribution is 7.92. The molecular formula is C20H26N2O3S. The number of hydrogen-bond acceptors (Lipinski definition) is 3. The molecule has 0 radical (unpaired) electrons. The van der Waals surface area contributed by atoms with E-state index in [1.54, 1.807) is 48.5 Å². The Morgan fingerprint density at radius 2 is 1.58 bits per heavy atom. The van der Waals surface area contributed by atoms with E-state index < -0.39 is 10.0 Å². The number of carbonyl (C=O) groups is 1. The van der Waals surface area contributed by atoms with Gasteiger partial charge in [-0.15, -0.1) is 0 Å². The number of benzene rings is 2. The van der Waals surface area contributed by atoms with Crippen molar-refractivity contribution in [3.05, 3.63) is 59.7 Å². The minimum absolute atomic E-state index is 0.0189. The Morgan fingerprint density at radius 1 is 1.00 bits per heavy atom. The fraction of sp³-hybridized carbons (Fsp3) is 0.350. The second-order valence-corrected chi connectivity index (χ2v) is 8.78. The minimum Gasteiger partial charge on any atom is -0.349 e. The van der Waals surface area contributed by atoms with Gasteiger partial charge >= 0.3 is 0 Å². The van der Waals surface area contributed by atoms with Crippen molar-refractivity contribution in [2.45, 2.75) is 38.6 Å². The van der Waals surface area contributed by atoms with Gasteiger partial charge in [0.05, 0.1) is 16.1 Å². The van der Waals surface area contributed by atoms with Crippen molar-refractivity contribution >= 4 is 21.6 Å². The third kappa shape index (κ3) is 4.25. The average Bonchev–Trinajstić information content (AvgIpc) is 2.61. The van der Waals surface area contributed by atoms with Gasteiger partial charge in [0.2, 0.25) is 0 Å². The summed E-state index contributed by atoms with van der Waals surface area (Å²) in [5, 5.41) is 2.93. The summed E-state index contributed by atoms with van der Waals surface area (Å²) in [6, 6.07) is 13.4. The van der Waals surface area contributed by atoms with E-state index in [1.165, 1.54) is 7.05 Å². The SMILES string of the molecule is Cc1ccc(S(=O)(=O)N(C)c2ccccc2C(=O)N[C@H](C)C(C)C)cc1. The van der Waals surface area contributed by atoms with Gasteiger partial charge in [-0.2, -0.15) is 0 Å². The Balaban J connectivity index is 2.39. The molecule has 1 N–H and O–H groups in total. The van der Waals surface area contributed by atoms with Gasteiger partial charge < -0.3 is 5.32 Å². The molecule has 140 valence electrons. The molecule has 0 spiro atoms. The molecule has 26 heavy (non-hydrogen) atoms. The molecule has 0 fully saturated rings. The molecule has 1 amide bonds. The van der Waals surface area contributed by atoms with E-state index in [4.69, 9.17) is 0 Å². The molecule has 1 atom stereocenters. The van der Waals surface area contributed by atoms with E-state index in [1.807, 2.05) is 27.7 Å². The summed E-state index contributed by atoms with van der Waals surface area (Å²) >= 11 is 0. The number of anilines is 1. The van der Waals surface area contributed by atoms with Gasteiger partial charge in [0.25, 0.3) is 15.9 Å². The molecule has 0 aromatic heterocycles. The van der Waals surface area contributed by atoms with Gasteiger partial charge in [-0.25, -0.2) is 8.42 Å². The molecule has 0 heterocycles. The first-order valence-electron chi connectivity index (χ1n) is 8.60. The standard InChI is InChI=1S/C20H26N2O3S/c1-14(2)16(4)21-20(23)18-8-6-7-9-19(18)22(5)26(24,25)17-12-10-15(3)11-13-17/h6-14,16H,1-5H3,(H,21,23)/t16-/m1/s1. The summed E-state index contributed by atoms with van der Waals surface area (Å²) in [5.74, 6) is -0.00658. The van der Waals surface area contributed by atoms with Crippen LogP contribution in [-0.4, -0.2) is 27.4 Å². The lowest BCUT2D eigenvalue weighted by Crippen LogP contribution is -2.37. The van der Waals surface area contributed by atoms with Crippen molar-refractivity contribution in [3.63, 3.8) is 0 Å². The van der Waals surface area contributed by atoms with Gasteiger partial charge in [0, 0.05) is 13.1 Å². The van der Waals surface area contributed by atoms with Crippen LogP contribution < -0.4 is 9.62 Å². The monoisotopic (exact) mass is 374 g/mol. The number of carbonyl (C=O) groups excluding carboxylic acids is 1. The number of rotatable bonds is 6. The lowest BCUT2D eigenvalue weighted by atomic mass is 10.1.